The lowest BCUT2D eigenvalue weighted by Gasteiger charge is -2.13. The van der Waals surface area contributed by atoms with Crippen LogP contribution < -0.4 is 8.84 Å². The van der Waals surface area contributed by atoms with E-state index in [9.17, 15) is 9.59 Å². The molecule has 108 valence electrons. The average molecular weight is 543 g/mol. The fourth-order valence-corrected chi connectivity index (χ4v) is 1.63. The number of halogens is 4. The van der Waals surface area contributed by atoms with E-state index in [0.717, 1.165) is 11.3 Å². The van der Waals surface area contributed by atoms with Gasteiger partial charge in [0.15, 0.2) is 0 Å². The minimum atomic E-state index is -0.972. The lowest BCUT2D eigenvalue weighted by Crippen LogP contribution is -2.29. The molecule has 0 saturated carbocycles. The number of carbonyl (C=O) groups excluding carboxylic acids is 2. The number of Topliss-reactive ketones (excluding diaryl/α,β-unsaturated/α-hetero) is 1. The van der Waals surface area contributed by atoms with Crippen molar-refractivity contribution in [3.05, 3.63) is 0 Å². The Morgan fingerprint density at radius 1 is 1.15 bits per heavy atom. The van der Waals surface area contributed by atoms with Crippen LogP contribution in [0.4, 0.5) is 17.8 Å². The number of amides is 1. The Kier molecular flexibility index (Phi) is 6.74. The molecule has 0 saturated heterocycles. The molecule has 0 aliphatic heterocycles. The van der Waals surface area contributed by atoms with Crippen molar-refractivity contribution in [1.29, 1.82) is 0 Å². The number of anilines is 2. The number of rotatable bonds is 4. The Morgan fingerprint density at radius 3 is 2.15 bits per heavy atom. The van der Waals surface area contributed by atoms with Gasteiger partial charge >= 0.3 is 5.91 Å². The molecule has 1 heterocycles. The largest absolute Gasteiger partial charge is 0.311 e. The molecule has 0 fully saturated rings. The summed E-state index contributed by atoms with van der Waals surface area (Å²) in [5, 5.41) is 0. The van der Waals surface area contributed by atoms with Gasteiger partial charge in [-0.15, -0.1) is 0 Å². The van der Waals surface area contributed by atoms with Gasteiger partial charge in [-0.05, 0) is 45.2 Å². The zero-order valence-corrected chi connectivity index (χ0v) is 15.8. The Balaban J connectivity index is 3.32. The first kappa shape index (κ1) is 17.7. The molecule has 0 unspecified atom stereocenters. The third kappa shape index (κ3) is 4.89. The highest BCUT2D eigenvalue weighted by molar-refractivity contribution is 14.2. The first-order valence-corrected chi connectivity index (χ1v) is 7.61. The molecule has 0 N–H and O–H groups in total. The van der Waals surface area contributed by atoms with Crippen molar-refractivity contribution in [3.8, 4) is 0 Å². The van der Waals surface area contributed by atoms with Crippen LogP contribution in [0.1, 0.15) is 6.92 Å². The maximum Gasteiger partial charge on any atom is 0.311 e. The van der Waals surface area contributed by atoms with E-state index in [2.05, 4.69) is 19.9 Å². The van der Waals surface area contributed by atoms with E-state index in [0.29, 0.717) is 6.14 Å². The summed E-state index contributed by atoms with van der Waals surface area (Å²) in [4.78, 5) is 38.2. The van der Waals surface area contributed by atoms with Gasteiger partial charge in [0.05, 0.1) is 0 Å². The monoisotopic (exact) mass is 542 g/mol. The highest BCUT2D eigenvalue weighted by atomic mass is 127. The summed E-state index contributed by atoms with van der Waals surface area (Å²) in [6.45, 7) is 1.08. The zero-order chi connectivity index (χ0) is 15.4. The van der Waals surface area contributed by atoms with E-state index in [4.69, 9.17) is 23.6 Å². The summed E-state index contributed by atoms with van der Waals surface area (Å²) >= 11 is 15.4. The lowest BCUT2D eigenvalue weighted by molar-refractivity contribution is -0.134. The molecule has 0 bridgehead atoms. The van der Waals surface area contributed by atoms with Gasteiger partial charge in [-0.2, -0.15) is 24.4 Å². The fourth-order valence-electron chi connectivity index (χ4n) is 0.924. The van der Waals surface area contributed by atoms with Crippen LogP contribution in [0.15, 0.2) is 4.99 Å². The Morgan fingerprint density at radius 2 is 1.70 bits per heavy atom. The molecule has 0 spiro atoms. The molecule has 0 radical (unpaired) electrons. The van der Waals surface area contributed by atoms with Crippen molar-refractivity contribution >= 4 is 100.0 Å². The highest BCUT2D eigenvalue weighted by Crippen LogP contribution is 2.21. The smallest absolute Gasteiger partial charge is 0.289 e. The minimum absolute atomic E-state index is 0.0123. The average Bonchev–Trinajstić information content (AvgIpc) is 2.35. The van der Waals surface area contributed by atoms with Crippen LogP contribution in [0.25, 0.3) is 0 Å². The van der Waals surface area contributed by atoms with E-state index in [1.165, 1.54) is 7.05 Å². The molecule has 0 aliphatic carbocycles. The Labute approximate surface area is 151 Å². The number of aliphatic imine (C=N–C) groups is 1. The molecular formula is C8H6Cl2I2N6O2. The zero-order valence-electron chi connectivity index (χ0n) is 10.0. The predicted octanol–water partition coefficient (Wildman–Crippen LogP) is 2.39. The molecule has 8 nitrogen and oxygen atoms in total. The topological polar surface area (TPSA) is 91.7 Å². The number of aromatic nitrogens is 3. The van der Waals surface area contributed by atoms with Gasteiger partial charge in [-0.25, -0.2) is 0 Å². The second-order valence-corrected chi connectivity index (χ2v) is 8.16. The first-order chi connectivity index (χ1) is 9.22. The molecule has 20 heavy (non-hydrogen) atoms. The van der Waals surface area contributed by atoms with E-state index in [-0.39, 0.29) is 17.8 Å². The molecular weight excluding hydrogens is 537 g/mol. The molecule has 12 heteroatoms. The van der Waals surface area contributed by atoms with Gasteiger partial charge in [-0.1, -0.05) is 0 Å². The maximum atomic E-state index is 11.5. The van der Waals surface area contributed by atoms with Crippen LogP contribution in [0.2, 0.25) is 0 Å². The third-order valence-corrected chi connectivity index (χ3v) is 2.65. The lowest BCUT2D eigenvalue weighted by atomic mass is 10.4. The summed E-state index contributed by atoms with van der Waals surface area (Å²) in [6.07, 6.45) is 0. The molecule has 1 rings (SSSR count). The highest BCUT2D eigenvalue weighted by Gasteiger charge is 2.22. The number of ketones is 1. The van der Waals surface area contributed by atoms with Crippen LogP contribution in [-0.2, 0) is 9.59 Å². The summed E-state index contributed by atoms with van der Waals surface area (Å²) in [6, 6.07) is 0. The van der Waals surface area contributed by atoms with Crippen LogP contribution in [0.3, 0.4) is 0 Å². The van der Waals surface area contributed by atoms with Crippen LogP contribution in [0, 0.1) is 0 Å². The Hall–Kier alpha value is -0.340. The molecule has 0 atom stereocenters. The second kappa shape index (κ2) is 7.61. The molecule has 0 aromatic carbocycles. The van der Waals surface area contributed by atoms with Gasteiger partial charge < -0.3 is 0 Å². The van der Waals surface area contributed by atoms with Crippen molar-refractivity contribution in [3.63, 3.8) is 0 Å². The van der Waals surface area contributed by atoms with Crippen LogP contribution >= 0.6 is 68.7 Å². The van der Waals surface area contributed by atoms with Gasteiger partial charge in [0.1, 0.15) is 1.73 Å². The SMILES string of the molecule is CC(=O)C(=O)N(Cl)c1nc(N=C(I)I)nc(N(C)Cl)n1. The van der Waals surface area contributed by atoms with Gasteiger partial charge in [0.25, 0.3) is 11.9 Å². The van der Waals surface area contributed by atoms with Gasteiger partial charge in [0, 0.05) is 37.5 Å². The fraction of sp³-hybridized carbons (Fsp3) is 0.250. The van der Waals surface area contributed by atoms with Crippen molar-refractivity contribution in [1.82, 2.24) is 15.0 Å². The van der Waals surface area contributed by atoms with E-state index in [1.54, 1.807) is 0 Å². The molecule has 1 aromatic rings. The van der Waals surface area contributed by atoms with Crippen molar-refractivity contribution in [2.24, 2.45) is 4.99 Å². The number of hydrogen-bond acceptors (Lipinski definition) is 7. The summed E-state index contributed by atoms with van der Waals surface area (Å²) < 4.78 is 2.19. The normalized spacial score (nSPS) is 9.90. The molecule has 1 amide bonds. The molecule has 0 aliphatic rings. The summed E-state index contributed by atoms with van der Waals surface area (Å²) in [7, 11) is 1.48. The maximum absolute atomic E-state index is 11.5. The van der Waals surface area contributed by atoms with Crippen molar-refractivity contribution in [2.75, 3.05) is 15.9 Å². The summed E-state index contributed by atoms with van der Waals surface area (Å²) in [5.41, 5.74) is 0. The van der Waals surface area contributed by atoms with Crippen LogP contribution in [0.5, 0.6) is 0 Å². The number of carbonyl (C=O) groups is 2. The standard InChI is InChI=1S/C8H6Cl2I2N6O2/c1-3(19)4(20)18(10)8-15-6(13-5(11)12)14-7(16-8)17(2)9/h1-2H3. The molecule has 1 aromatic heterocycles. The predicted molar refractivity (Wildman–Crippen MR) is 93.2 cm³/mol. The van der Waals surface area contributed by atoms with Crippen molar-refractivity contribution < 1.29 is 9.59 Å². The second-order valence-electron chi connectivity index (χ2n) is 3.21. The number of nitrogens with zero attached hydrogens (tertiary/aromatic N) is 6. The first-order valence-electron chi connectivity index (χ1n) is 4.78. The number of hydrogen-bond donors (Lipinski definition) is 0. The third-order valence-electron chi connectivity index (χ3n) is 1.72. The van der Waals surface area contributed by atoms with Gasteiger partial charge in [0.2, 0.25) is 11.7 Å². The Bertz CT molecular complexity index is 578. The van der Waals surface area contributed by atoms with Crippen molar-refractivity contribution in [2.45, 2.75) is 6.92 Å². The van der Waals surface area contributed by atoms with E-state index in [1.807, 2.05) is 45.2 Å². The van der Waals surface area contributed by atoms with Gasteiger partial charge in [-0.3, -0.25) is 14.0 Å². The summed E-state index contributed by atoms with van der Waals surface area (Å²) in [5.74, 6) is -1.92. The van der Waals surface area contributed by atoms with E-state index >= 15 is 0 Å². The van der Waals surface area contributed by atoms with Crippen LogP contribution in [-0.4, -0.2) is 35.4 Å². The minimum Gasteiger partial charge on any atom is -0.289 e. The van der Waals surface area contributed by atoms with E-state index < -0.39 is 11.7 Å². The quantitative estimate of drug-likeness (QED) is 0.251.